The smallest absolute Gasteiger partial charge is 0.352 e. The number of carbonyl (C=O) groups is 2. The summed E-state index contributed by atoms with van der Waals surface area (Å²) < 4.78 is 5.07. The molecule has 24 heavy (non-hydrogen) atoms. The van der Waals surface area contributed by atoms with Crippen molar-refractivity contribution in [3.05, 3.63) is 65.2 Å². The zero-order chi connectivity index (χ0) is 17.4. The van der Waals surface area contributed by atoms with E-state index in [2.05, 4.69) is 12.2 Å². The summed E-state index contributed by atoms with van der Waals surface area (Å²) in [4.78, 5) is 23.5. The van der Waals surface area contributed by atoms with Gasteiger partial charge in [0.2, 0.25) is 0 Å². The number of carbonyl (C=O) groups excluding carboxylic acids is 1. The standard InChI is InChI=1S/C19H21NO4/c1-2-3-4-6-14-8-10-15(11-9-14)18(21)20-17(19(22)23)13-16-7-5-12-24-16/h5,7-13H,2-4,6H2,1H3,(H,20,21)(H,22,23)/b17-13-. The Hall–Kier alpha value is -2.82. The van der Waals surface area contributed by atoms with Gasteiger partial charge in [-0.05, 0) is 42.7 Å². The van der Waals surface area contributed by atoms with Crippen molar-refractivity contribution in [3.8, 4) is 0 Å². The summed E-state index contributed by atoms with van der Waals surface area (Å²) in [6.45, 7) is 2.16. The van der Waals surface area contributed by atoms with E-state index < -0.39 is 11.9 Å². The Labute approximate surface area is 141 Å². The molecule has 2 aromatic rings. The molecule has 1 heterocycles. The average molecular weight is 327 g/mol. The van der Waals surface area contributed by atoms with E-state index in [1.807, 2.05) is 12.1 Å². The maximum absolute atomic E-state index is 12.2. The highest BCUT2D eigenvalue weighted by Crippen LogP contribution is 2.11. The van der Waals surface area contributed by atoms with E-state index in [-0.39, 0.29) is 5.70 Å². The number of amides is 1. The minimum atomic E-state index is -1.23. The van der Waals surface area contributed by atoms with Gasteiger partial charge in [0.25, 0.3) is 5.91 Å². The lowest BCUT2D eigenvalue weighted by Crippen LogP contribution is -2.27. The third kappa shape index (κ3) is 5.12. The Kier molecular flexibility index (Phi) is 6.37. The molecule has 1 amide bonds. The van der Waals surface area contributed by atoms with Crippen LogP contribution < -0.4 is 5.32 Å². The molecule has 0 aliphatic rings. The number of carboxylic acids is 1. The van der Waals surface area contributed by atoms with Crippen molar-refractivity contribution in [2.45, 2.75) is 32.6 Å². The number of unbranched alkanes of at least 4 members (excludes halogenated alkanes) is 2. The number of carboxylic acid groups (broad SMARTS) is 1. The SMILES string of the molecule is CCCCCc1ccc(C(=O)N/C(=C\c2ccco2)C(=O)O)cc1. The molecule has 0 spiro atoms. The van der Waals surface area contributed by atoms with Gasteiger partial charge in [-0.2, -0.15) is 0 Å². The number of benzene rings is 1. The normalized spacial score (nSPS) is 11.3. The number of aliphatic carboxylic acids is 1. The van der Waals surface area contributed by atoms with Crippen LogP contribution in [0.5, 0.6) is 0 Å². The molecule has 0 saturated heterocycles. The van der Waals surface area contributed by atoms with E-state index in [9.17, 15) is 14.7 Å². The topological polar surface area (TPSA) is 79.5 Å². The van der Waals surface area contributed by atoms with Crippen molar-refractivity contribution >= 4 is 18.0 Å². The zero-order valence-electron chi connectivity index (χ0n) is 13.6. The predicted molar refractivity (Wildman–Crippen MR) is 91.5 cm³/mol. The van der Waals surface area contributed by atoms with Gasteiger partial charge in [-0.15, -0.1) is 0 Å². The van der Waals surface area contributed by atoms with Gasteiger partial charge in [-0.25, -0.2) is 4.79 Å². The van der Waals surface area contributed by atoms with Gasteiger partial charge in [-0.1, -0.05) is 31.9 Å². The van der Waals surface area contributed by atoms with Crippen LogP contribution in [0.2, 0.25) is 0 Å². The third-order valence-corrected chi connectivity index (χ3v) is 3.59. The van der Waals surface area contributed by atoms with Crippen LogP contribution in [0.25, 0.3) is 6.08 Å². The monoisotopic (exact) mass is 327 g/mol. The lowest BCUT2D eigenvalue weighted by Gasteiger charge is -2.07. The fourth-order valence-corrected chi connectivity index (χ4v) is 2.26. The number of nitrogens with one attached hydrogen (secondary N) is 1. The van der Waals surface area contributed by atoms with Gasteiger partial charge in [-0.3, -0.25) is 4.79 Å². The molecule has 0 bridgehead atoms. The molecule has 0 aliphatic carbocycles. The van der Waals surface area contributed by atoms with Gasteiger partial charge >= 0.3 is 5.97 Å². The summed E-state index contributed by atoms with van der Waals surface area (Å²) in [5.41, 5.74) is 1.35. The van der Waals surface area contributed by atoms with Crippen molar-refractivity contribution in [3.63, 3.8) is 0 Å². The molecule has 5 nitrogen and oxygen atoms in total. The molecule has 0 aliphatic heterocycles. The molecule has 126 valence electrons. The first-order valence-corrected chi connectivity index (χ1v) is 7.99. The van der Waals surface area contributed by atoms with Crippen LogP contribution >= 0.6 is 0 Å². The van der Waals surface area contributed by atoms with Crippen molar-refractivity contribution < 1.29 is 19.1 Å². The number of aryl methyl sites for hydroxylation is 1. The first-order valence-electron chi connectivity index (χ1n) is 7.99. The average Bonchev–Trinajstić information content (AvgIpc) is 3.08. The quantitative estimate of drug-likeness (QED) is 0.570. The van der Waals surface area contributed by atoms with Crippen LogP contribution in [-0.2, 0) is 11.2 Å². The minimum Gasteiger partial charge on any atom is -0.477 e. The number of rotatable bonds is 8. The first-order chi connectivity index (χ1) is 11.6. The second-order valence-corrected chi connectivity index (χ2v) is 5.49. The van der Waals surface area contributed by atoms with Crippen LogP contribution in [0, 0.1) is 0 Å². The van der Waals surface area contributed by atoms with Gasteiger partial charge in [0, 0.05) is 11.6 Å². The summed E-state index contributed by atoms with van der Waals surface area (Å²) in [6.07, 6.45) is 7.16. The van der Waals surface area contributed by atoms with Crippen molar-refractivity contribution in [1.82, 2.24) is 5.32 Å². The molecule has 0 unspecified atom stereocenters. The molecule has 1 aromatic heterocycles. The molecule has 0 fully saturated rings. The summed E-state index contributed by atoms with van der Waals surface area (Å²) in [5.74, 6) is -1.33. The van der Waals surface area contributed by atoms with E-state index in [4.69, 9.17) is 4.42 Å². The fourth-order valence-electron chi connectivity index (χ4n) is 2.26. The summed E-state index contributed by atoms with van der Waals surface area (Å²) in [6, 6.07) is 10.5. The Morgan fingerprint density at radius 2 is 1.92 bits per heavy atom. The van der Waals surface area contributed by atoms with Gasteiger partial charge in [0.15, 0.2) is 0 Å². The highest BCUT2D eigenvalue weighted by molar-refractivity contribution is 6.02. The molecular formula is C19H21NO4. The highest BCUT2D eigenvalue weighted by atomic mass is 16.4. The molecule has 2 rings (SSSR count). The van der Waals surface area contributed by atoms with Crippen LogP contribution in [0.1, 0.15) is 47.9 Å². The van der Waals surface area contributed by atoms with Crippen LogP contribution in [0.3, 0.4) is 0 Å². The first kappa shape index (κ1) is 17.5. The second-order valence-electron chi connectivity index (χ2n) is 5.49. The van der Waals surface area contributed by atoms with E-state index >= 15 is 0 Å². The molecule has 0 saturated carbocycles. The molecule has 1 aromatic carbocycles. The van der Waals surface area contributed by atoms with Gasteiger partial charge in [0.1, 0.15) is 11.5 Å². The minimum absolute atomic E-state index is 0.234. The van der Waals surface area contributed by atoms with Crippen LogP contribution in [0.4, 0.5) is 0 Å². The van der Waals surface area contributed by atoms with Gasteiger partial charge in [0.05, 0.1) is 6.26 Å². The Bertz CT molecular complexity index is 699. The van der Waals surface area contributed by atoms with Gasteiger partial charge < -0.3 is 14.8 Å². The molecule has 0 atom stereocenters. The second kappa shape index (κ2) is 8.72. The summed E-state index contributed by atoms with van der Waals surface area (Å²) in [7, 11) is 0. The van der Waals surface area contributed by atoms with Crippen molar-refractivity contribution in [2.75, 3.05) is 0 Å². The maximum Gasteiger partial charge on any atom is 0.352 e. The van der Waals surface area contributed by atoms with E-state index in [0.29, 0.717) is 11.3 Å². The Morgan fingerprint density at radius 3 is 2.50 bits per heavy atom. The van der Waals surface area contributed by atoms with Crippen molar-refractivity contribution in [2.24, 2.45) is 0 Å². The third-order valence-electron chi connectivity index (χ3n) is 3.59. The lowest BCUT2D eigenvalue weighted by atomic mass is 10.1. The van der Waals surface area contributed by atoms with E-state index in [0.717, 1.165) is 12.8 Å². The highest BCUT2D eigenvalue weighted by Gasteiger charge is 2.14. The van der Waals surface area contributed by atoms with Crippen molar-refractivity contribution in [1.29, 1.82) is 0 Å². The Morgan fingerprint density at radius 1 is 1.17 bits per heavy atom. The lowest BCUT2D eigenvalue weighted by molar-refractivity contribution is -0.132. The van der Waals surface area contributed by atoms with E-state index in [1.54, 1.807) is 24.3 Å². The fraction of sp³-hybridized carbons (Fsp3) is 0.263. The maximum atomic E-state index is 12.2. The molecule has 2 N–H and O–H groups in total. The molecular weight excluding hydrogens is 306 g/mol. The largest absolute Gasteiger partial charge is 0.477 e. The molecule has 0 radical (unpaired) electrons. The summed E-state index contributed by atoms with van der Waals surface area (Å²) >= 11 is 0. The number of furan rings is 1. The van der Waals surface area contributed by atoms with Crippen LogP contribution in [-0.4, -0.2) is 17.0 Å². The van der Waals surface area contributed by atoms with Crippen LogP contribution in [0.15, 0.2) is 52.8 Å². The molecule has 5 heteroatoms. The summed E-state index contributed by atoms with van der Waals surface area (Å²) in [5, 5.41) is 11.6. The number of hydrogen-bond donors (Lipinski definition) is 2. The zero-order valence-corrected chi connectivity index (χ0v) is 13.6. The Balaban J connectivity index is 2.03. The van der Waals surface area contributed by atoms with E-state index in [1.165, 1.54) is 30.7 Å². The number of hydrogen-bond acceptors (Lipinski definition) is 3. The predicted octanol–water partition coefficient (Wildman–Crippen LogP) is 3.87.